The van der Waals surface area contributed by atoms with Gasteiger partial charge in [0.05, 0.1) is 18.4 Å². The number of thioether (sulfide) groups is 1. The van der Waals surface area contributed by atoms with Crippen molar-refractivity contribution in [3.8, 4) is 5.75 Å². The lowest BCUT2D eigenvalue weighted by Crippen LogP contribution is -2.18. The number of methoxy groups -OCH3 is 1. The second-order valence-electron chi connectivity index (χ2n) is 5.31. The SMILES string of the molecule is COc1cccc2c1nc(SCC(=O)O)n2CC1CCC1. The van der Waals surface area contributed by atoms with Crippen molar-refractivity contribution in [3.63, 3.8) is 0 Å². The summed E-state index contributed by atoms with van der Waals surface area (Å²) in [6.07, 6.45) is 3.78. The zero-order chi connectivity index (χ0) is 14.8. The first-order valence-corrected chi connectivity index (χ1v) is 8.05. The summed E-state index contributed by atoms with van der Waals surface area (Å²) in [4.78, 5) is 15.4. The van der Waals surface area contributed by atoms with Crippen LogP contribution in [0.15, 0.2) is 23.4 Å². The molecule has 0 spiro atoms. The number of imidazole rings is 1. The summed E-state index contributed by atoms with van der Waals surface area (Å²) < 4.78 is 7.51. The lowest BCUT2D eigenvalue weighted by molar-refractivity contribution is -0.133. The highest BCUT2D eigenvalue weighted by Crippen LogP contribution is 2.34. The summed E-state index contributed by atoms with van der Waals surface area (Å²) in [5.74, 6) is 0.611. The number of hydrogen-bond acceptors (Lipinski definition) is 4. The molecule has 0 radical (unpaired) electrons. The first kappa shape index (κ1) is 14.3. The molecule has 1 saturated carbocycles. The topological polar surface area (TPSA) is 64.3 Å². The van der Waals surface area contributed by atoms with Crippen LogP contribution >= 0.6 is 11.8 Å². The van der Waals surface area contributed by atoms with E-state index in [0.717, 1.165) is 28.5 Å². The van der Waals surface area contributed by atoms with E-state index in [1.165, 1.54) is 31.0 Å². The minimum absolute atomic E-state index is 0.0241. The molecule has 1 aromatic carbocycles. The Morgan fingerprint density at radius 2 is 2.33 bits per heavy atom. The van der Waals surface area contributed by atoms with Gasteiger partial charge in [0.1, 0.15) is 11.3 Å². The van der Waals surface area contributed by atoms with Crippen molar-refractivity contribution in [2.45, 2.75) is 31.0 Å². The van der Waals surface area contributed by atoms with Gasteiger partial charge in [-0.1, -0.05) is 24.2 Å². The second kappa shape index (κ2) is 5.97. The normalized spacial score (nSPS) is 15.1. The maximum Gasteiger partial charge on any atom is 0.313 e. The van der Waals surface area contributed by atoms with Gasteiger partial charge in [-0.05, 0) is 30.9 Å². The number of benzene rings is 1. The summed E-state index contributed by atoms with van der Waals surface area (Å²) in [6.45, 7) is 0.908. The van der Waals surface area contributed by atoms with Crippen LogP contribution in [0.25, 0.3) is 11.0 Å². The Balaban J connectivity index is 2.00. The fourth-order valence-corrected chi connectivity index (χ4v) is 3.35. The van der Waals surface area contributed by atoms with Gasteiger partial charge in [-0.3, -0.25) is 4.79 Å². The first-order valence-electron chi connectivity index (χ1n) is 7.07. The largest absolute Gasteiger partial charge is 0.494 e. The maximum absolute atomic E-state index is 10.8. The van der Waals surface area contributed by atoms with Crippen molar-refractivity contribution in [1.82, 2.24) is 9.55 Å². The van der Waals surface area contributed by atoms with Crippen LogP contribution < -0.4 is 4.74 Å². The molecule has 0 bridgehead atoms. The summed E-state index contributed by atoms with van der Waals surface area (Å²) >= 11 is 1.27. The highest BCUT2D eigenvalue weighted by atomic mass is 32.2. The minimum Gasteiger partial charge on any atom is -0.494 e. The number of carboxylic acids is 1. The van der Waals surface area contributed by atoms with Crippen LogP contribution in [0.3, 0.4) is 0 Å². The van der Waals surface area contributed by atoms with E-state index in [0.29, 0.717) is 5.92 Å². The minimum atomic E-state index is -0.825. The second-order valence-corrected chi connectivity index (χ2v) is 6.25. The smallest absolute Gasteiger partial charge is 0.313 e. The monoisotopic (exact) mass is 306 g/mol. The molecule has 0 amide bonds. The van der Waals surface area contributed by atoms with Gasteiger partial charge in [-0.25, -0.2) is 4.98 Å². The standard InChI is InChI=1S/C15H18N2O3S/c1-20-12-7-3-6-11-14(12)16-15(21-9-13(18)19)17(11)8-10-4-2-5-10/h3,6-7,10H,2,4-5,8-9H2,1H3,(H,18,19). The molecule has 1 N–H and O–H groups in total. The number of aliphatic carboxylic acids is 1. The molecule has 1 fully saturated rings. The number of carboxylic acid groups (broad SMARTS) is 1. The van der Waals surface area contributed by atoms with E-state index in [2.05, 4.69) is 9.55 Å². The van der Waals surface area contributed by atoms with Gasteiger partial charge in [-0.15, -0.1) is 0 Å². The van der Waals surface area contributed by atoms with Crippen molar-refractivity contribution >= 4 is 28.8 Å². The van der Waals surface area contributed by atoms with E-state index in [4.69, 9.17) is 9.84 Å². The summed E-state index contributed by atoms with van der Waals surface area (Å²) in [6, 6.07) is 5.86. The fraction of sp³-hybridized carbons (Fsp3) is 0.467. The lowest BCUT2D eigenvalue weighted by Gasteiger charge is -2.26. The molecule has 1 aliphatic carbocycles. The predicted molar refractivity (Wildman–Crippen MR) is 82.0 cm³/mol. The molecule has 2 aromatic rings. The lowest BCUT2D eigenvalue weighted by atomic mass is 9.85. The third kappa shape index (κ3) is 2.85. The Morgan fingerprint density at radius 3 is 2.95 bits per heavy atom. The number of para-hydroxylation sites is 1. The van der Waals surface area contributed by atoms with Gasteiger partial charge in [0.15, 0.2) is 5.16 Å². The number of fused-ring (bicyclic) bond motifs is 1. The van der Waals surface area contributed by atoms with Gasteiger partial charge in [0.2, 0.25) is 0 Å². The number of rotatable bonds is 6. The highest BCUT2D eigenvalue weighted by molar-refractivity contribution is 7.99. The molecular formula is C15H18N2O3S. The molecule has 21 heavy (non-hydrogen) atoms. The van der Waals surface area contributed by atoms with Crippen molar-refractivity contribution in [2.75, 3.05) is 12.9 Å². The number of carbonyl (C=O) groups is 1. The molecule has 0 atom stereocenters. The first-order chi connectivity index (χ1) is 10.2. The van der Waals surface area contributed by atoms with Crippen molar-refractivity contribution in [1.29, 1.82) is 0 Å². The van der Waals surface area contributed by atoms with E-state index < -0.39 is 5.97 Å². The third-order valence-corrected chi connectivity index (χ3v) is 4.88. The molecule has 3 rings (SSSR count). The fourth-order valence-electron chi connectivity index (χ4n) is 2.61. The number of aromatic nitrogens is 2. The third-order valence-electron chi connectivity index (χ3n) is 3.92. The predicted octanol–water partition coefficient (Wildman–Crippen LogP) is 3.02. The average Bonchev–Trinajstić information content (AvgIpc) is 2.78. The molecule has 1 aliphatic rings. The quantitative estimate of drug-likeness (QED) is 0.831. The molecular weight excluding hydrogens is 288 g/mol. The van der Waals surface area contributed by atoms with E-state index in [1.54, 1.807) is 7.11 Å². The van der Waals surface area contributed by atoms with Crippen LogP contribution in [0, 0.1) is 5.92 Å². The molecule has 6 heteroatoms. The van der Waals surface area contributed by atoms with Gasteiger partial charge in [-0.2, -0.15) is 0 Å². The zero-order valence-electron chi connectivity index (χ0n) is 11.9. The molecule has 1 aromatic heterocycles. The van der Waals surface area contributed by atoms with Crippen molar-refractivity contribution in [2.24, 2.45) is 5.92 Å². The van der Waals surface area contributed by atoms with Gasteiger partial charge >= 0.3 is 5.97 Å². The van der Waals surface area contributed by atoms with E-state index in [1.807, 2.05) is 18.2 Å². The Bertz CT molecular complexity index is 664. The van der Waals surface area contributed by atoms with Gasteiger partial charge < -0.3 is 14.4 Å². The van der Waals surface area contributed by atoms with E-state index in [-0.39, 0.29) is 5.75 Å². The molecule has 0 saturated heterocycles. The number of ether oxygens (including phenoxy) is 1. The van der Waals surface area contributed by atoms with Gasteiger partial charge in [0.25, 0.3) is 0 Å². The Kier molecular flexibility index (Phi) is 4.05. The molecule has 5 nitrogen and oxygen atoms in total. The van der Waals surface area contributed by atoms with E-state index in [9.17, 15) is 4.79 Å². The van der Waals surface area contributed by atoms with Crippen LogP contribution in [0.5, 0.6) is 5.75 Å². The van der Waals surface area contributed by atoms with Crippen molar-refractivity contribution in [3.05, 3.63) is 18.2 Å². The molecule has 112 valence electrons. The molecule has 1 heterocycles. The number of hydrogen-bond donors (Lipinski definition) is 1. The van der Waals surface area contributed by atoms with Crippen LogP contribution in [-0.2, 0) is 11.3 Å². The summed E-state index contributed by atoms with van der Waals surface area (Å²) in [7, 11) is 1.63. The zero-order valence-corrected chi connectivity index (χ0v) is 12.7. The number of nitrogens with zero attached hydrogens (tertiary/aromatic N) is 2. The van der Waals surface area contributed by atoms with Crippen LogP contribution in [0.2, 0.25) is 0 Å². The Morgan fingerprint density at radius 1 is 1.52 bits per heavy atom. The Labute approximate surface area is 127 Å². The average molecular weight is 306 g/mol. The van der Waals surface area contributed by atoms with Gasteiger partial charge in [0, 0.05) is 6.54 Å². The maximum atomic E-state index is 10.8. The summed E-state index contributed by atoms with van der Waals surface area (Å²) in [5, 5.41) is 9.67. The molecule has 0 aliphatic heterocycles. The Hall–Kier alpha value is -1.69. The van der Waals surface area contributed by atoms with E-state index >= 15 is 0 Å². The van der Waals surface area contributed by atoms with Crippen LogP contribution in [0.1, 0.15) is 19.3 Å². The van der Waals surface area contributed by atoms with Crippen molar-refractivity contribution < 1.29 is 14.6 Å². The highest BCUT2D eigenvalue weighted by Gasteiger charge is 2.22. The molecule has 0 unspecified atom stereocenters. The van der Waals surface area contributed by atoms with Crippen LogP contribution in [0.4, 0.5) is 0 Å². The van der Waals surface area contributed by atoms with Crippen LogP contribution in [-0.4, -0.2) is 33.5 Å². The summed E-state index contributed by atoms with van der Waals surface area (Å²) in [5.41, 5.74) is 1.83.